The highest BCUT2D eigenvalue weighted by Gasteiger charge is 1.97. The lowest BCUT2D eigenvalue weighted by molar-refractivity contribution is 0.209. The minimum Gasteiger partial charge on any atom is -0.465 e. The first-order chi connectivity index (χ1) is 5.18. The third-order valence-corrected chi connectivity index (χ3v) is 0.979. The monoisotopic (exact) mass is 156 g/mol. The van der Waals surface area contributed by atoms with Crippen molar-refractivity contribution in [2.45, 2.75) is 0 Å². The summed E-state index contributed by atoms with van der Waals surface area (Å²) < 4.78 is 12.1. The first kappa shape index (κ1) is 7.46. The molecule has 0 radical (unpaired) electrons. The van der Waals surface area contributed by atoms with Crippen molar-refractivity contribution in [1.82, 2.24) is 4.98 Å². The third kappa shape index (κ3) is 2.21. The number of halogens is 1. The van der Waals surface area contributed by atoms with Crippen molar-refractivity contribution in [3.05, 3.63) is 24.3 Å². The molecule has 58 valence electrons. The number of carboxylic acid groups (broad SMARTS) is 1. The number of carbonyl (C=O) groups is 1. The zero-order chi connectivity index (χ0) is 8.27. The number of amides is 1. The van der Waals surface area contributed by atoms with Crippen LogP contribution in [0, 0.1) is 5.95 Å². The number of aromatic nitrogens is 1. The Hall–Kier alpha value is -1.65. The Morgan fingerprint density at radius 1 is 1.64 bits per heavy atom. The van der Waals surface area contributed by atoms with E-state index in [1.54, 1.807) is 0 Å². The van der Waals surface area contributed by atoms with Gasteiger partial charge in [0.2, 0.25) is 5.95 Å². The largest absolute Gasteiger partial charge is 0.465 e. The zero-order valence-electron chi connectivity index (χ0n) is 5.41. The molecule has 0 spiro atoms. The lowest BCUT2D eigenvalue weighted by atomic mass is 10.4. The van der Waals surface area contributed by atoms with Crippen molar-refractivity contribution in [1.29, 1.82) is 0 Å². The summed E-state index contributed by atoms with van der Waals surface area (Å²) in [7, 11) is 0. The van der Waals surface area contributed by atoms with E-state index in [9.17, 15) is 9.18 Å². The normalized spacial score (nSPS) is 9.18. The SMILES string of the molecule is O=C(O)Nc1ccc(F)nc1. The van der Waals surface area contributed by atoms with Gasteiger partial charge in [0.1, 0.15) is 0 Å². The molecule has 5 heteroatoms. The van der Waals surface area contributed by atoms with Gasteiger partial charge in [0.25, 0.3) is 0 Å². The first-order valence-corrected chi connectivity index (χ1v) is 2.80. The molecule has 1 heterocycles. The number of rotatable bonds is 1. The molecule has 4 nitrogen and oxygen atoms in total. The highest BCUT2D eigenvalue weighted by molar-refractivity contribution is 5.82. The molecule has 1 amide bonds. The molecule has 0 aliphatic carbocycles. The third-order valence-electron chi connectivity index (χ3n) is 0.979. The van der Waals surface area contributed by atoms with E-state index in [1.165, 1.54) is 6.07 Å². The Morgan fingerprint density at radius 3 is 2.82 bits per heavy atom. The van der Waals surface area contributed by atoms with E-state index in [0.717, 1.165) is 12.3 Å². The van der Waals surface area contributed by atoms with E-state index in [-0.39, 0.29) is 5.69 Å². The summed E-state index contributed by atoms with van der Waals surface area (Å²) in [5, 5.41) is 10.2. The fraction of sp³-hybridized carbons (Fsp3) is 0. The van der Waals surface area contributed by atoms with Crippen LogP contribution in [0.5, 0.6) is 0 Å². The van der Waals surface area contributed by atoms with Crippen LogP contribution in [0.3, 0.4) is 0 Å². The lowest BCUT2D eigenvalue weighted by Crippen LogP contribution is -2.07. The van der Waals surface area contributed by atoms with Crippen LogP contribution in [0.1, 0.15) is 0 Å². The van der Waals surface area contributed by atoms with Crippen molar-refractivity contribution < 1.29 is 14.3 Å². The van der Waals surface area contributed by atoms with Crippen LogP contribution in [0.4, 0.5) is 14.9 Å². The van der Waals surface area contributed by atoms with Crippen molar-refractivity contribution in [2.75, 3.05) is 5.32 Å². The lowest BCUT2D eigenvalue weighted by Gasteiger charge is -1.97. The molecule has 0 bridgehead atoms. The number of anilines is 1. The van der Waals surface area contributed by atoms with Crippen molar-refractivity contribution in [3.63, 3.8) is 0 Å². The summed E-state index contributed by atoms with van der Waals surface area (Å²) in [4.78, 5) is 13.3. The fourth-order valence-electron chi connectivity index (χ4n) is 0.573. The number of nitrogens with one attached hydrogen (secondary N) is 1. The Balaban J connectivity index is 2.74. The average molecular weight is 156 g/mol. The average Bonchev–Trinajstić information content (AvgIpc) is 1.93. The van der Waals surface area contributed by atoms with Crippen molar-refractivity contribution in [3.8, 4) is 0 Å². The first-order valence-electron chi connectivity index (χ1n) is 2.80. The summed E-state index contributed by atoms with van der Waals surface area (Å²) >= 11 is 0. The molecule has 0 aliphatic rings. The Kier molecular flexibility index (Phi) is 2.00. The molecule has 0 saturated heterocycles. The molecule has 0 unspecified atom stereocenters. The molecule has 0 aromatic carbocycles. The van der Waals surface area contributed by atoms with Gasteiger partial charge in [-0.3, -0.25) is 5.32 Å². The molecule has 0 atom stereocenters. The van der Waals surface area contributed by atoms with Crippen LogP contribution in [0.2, 0.25) is 0 Å². The van der Waals surface area contributed by atoms with Gasteiger partial charge in [-0.25, -0.2) is 9.78 Å². The molecule has 0 saturated carbocycles. The number of hydrogen-bond acceptors (Lipinski definition) is 2. The maximum Gasteiger partial charge on any atom is 0.409 e. The minimum atomic E-state index is -1.20. The molecule has 1 rings (SSSR count). The Bertz CT molecular complexity index is 260. The molecular weight excluding hydrogens is 151 g/mol. The summed E-state index contributed by atoms with van der Waals surface area (Å²) in [6.07, 6.45) is -0.0953. The molecular formula is C6H5FN2O2. The van der Waals surface area contributed by atoms with Gasteiger partial charge in [-0.1, -0.05) is 0 Å². The van der Waals surface area contributed by atoms with Gasteiger partial charge in [-0.05, 0) is 12.1 Å². The summed E-state index contributed by atoms with van der Waals surface area (Å²) in [6, 6.07) is 2.36. The van der Waals surface area contributed by atoms with E-state index in [4.69, 9.17) is 5.11 Å². The predicted octanol–water partition coefficient (Wildman–Crippen LogP) is 1.31. The van der Waals surface area contributed by atoms with Crippen LogP contribution >= 0.6 is 0 Å². The molecule has 0 fully saturated rings. The van der Waals surface area contributed by atoms with Crippen LogP contribution in [0.15, 0.2) is 18.3 Å². The van der Waals surface area contributed by atoms with Gasteiger partial charge in [0.15, 0.2) is 0 Å². The Labute approximate surface area is 61.7 Å². The van der Waals surface area contributed by atoms with Crippen LogP contribution in [-0.4, -0.2) is 16.2 Å². The fourth-order valence-corrected chi connectivity index (χ4v) is 0.573. The zero-order valence-corrected chi connectivity index (χ0v) is 5.41. The van der Waals surface area contributed by atoms with Crippen molar-refractivity contribution >= 4 is 11.8 Å². The highest BCUT2D eigenvalue weighted by Crippen LogP contribution is 2.03. The maximum atomic E-state index is 12.1. The molecule has 1 aromatic heterocycles. The predicted molar refractivity (Wildman–Crippen MR) is 35.8 cm³/mol. The Morgan fingerprint density at radius 2 is 2.36 bits per heavy atom. The molecule has 2 N–H and O–H groups in total. The molecule has 11 heavy (non-hydrogen) atoms. The van der Waals surface area contributed by atoms with Gasteiger partial charge in [0, 0.05) is 0 Å². The van der Waals surface area contributed by atoms with Crippen molar-refractivity contribution in [2.24, 2.45) is 0 Å². The van der Waals surface area contributed by atoms with Gasteiger partial charge in [0.05, 0.1) is 11.9 Å². The number of hydrogen-bond donors (Lipinski definition) is 2. The van der Waals surface area contributed by atoms with Gasteiger partial charge in [-0.2, -0.15) is 4.39 Å². The van der Waals surface area contributed by atoms with E-state index in [1.807, 2.05) is 5.32 Å². The number of pyridine rings is 1. The van der Waals surface area contributed by atoms with Crippen LogP contribution < -0.4 is 5.32 Å². The van der Waals surface area contributed by atoms with E-state index in [2.05, 4.69) is 4.98 Å². The van der Waals surface area contributed by atoms with Crippen LogP contribution in [-0.2, 0) is 0 Å². The summed E-state index contributed by atoms with van der Waals surface area (Å²) in [5.74, 6) is -0.638. The summed E-state index contributed by atoms with van der Waals surface area (Å²) in [6.45, 7) is 0. The second-order valence-electron chi connectivity index (χ2n) is 1.80. The second kappa shape index (κ2) is 2.96. The molecule has 0 aliphatic heterocycles. The topological polar surface area (TPSA) is 62.2 Å². The van der Waals surface area contributed by atoms with Gasteiger partial charge >= 0.3 is 6.09 Å². The standard InChI is InChI=1S/C6H5FN2O2/c7-5-2-1-4(3-8-5)9-6(10)11/h1-3,9H,(H,10,11). The van der Waals surface area contributed by atoms with Crippen LogP contribution in [0.25, 0.3) is 0 Å². The second-order valence-corrected chi connectivity index (χ2v) is 1.80. The quantitative estimate of drug-likeness (QED) is 0.602. The summed E-state index contributed by atoms with van der Waals surface area (Å²) in [5.41, 5.74) is 0.249. The van der Waals surface area contributed by atoms with E-state index >= 15 is 0 Å². The minimum absolute atomic E-state index is 0.249. The maximum absolute atomic E-state index is 12.1. The van der Waals surface area contributed by atoms with Gasteiger partial charge in [-0.15, -0.1) is 0 Å². The molecule has 1 aromatic rings. The smallest absolute Gasteiger partial charge is 0.409 e. The van der Waals surface area contributed by atoms with E-state index < -0.39 is 12.0 Å². The highest BCUT2D eigenvalue weighted by atomic mass is 19.1. The number of nitrogens with zero attached hydrogens (tertiary/aromatic N) is 1. The van der Waals surface area contributed by atoms with Gasteiger partial charge < -0.3 is 5.11 Å². The van der Waals surface area contributed by atoms with E-state index in [0.29, 0.717) is 0 Å².